The molecule has 0 rings (SSSR count). The summed E-state index contributed by atoms with van der Waals surface area (Å²) in [5.41, 5.74) is 0.750. The van der Waals surface area contributed by atoms with Crippen LogP contribution < -0.4 is 0 Å². The first kappa shape index (κ1) is 9.13. The fourth-order valence-corrected chi connectivity index (χ4v) is 1.65. The molecule has 0 spiro atoms. The van der Waals surface area contributed by atoms with Gasteiger partial charge in [-0.1, -0.05) is 6.92 Å². The molecule has 1 nitrogen and oxygen atoms in total. The van der Waals surface area contributed by atoms with Gasteiger partial charge in [0.05, 0.1) is 6.30 Å². The van der Waals surface area contributed by atoms with Crippen LogP contribution in [0, 0.1) is 0 Å². The average molecular weight is 147 g/mol. The molecule has 0 amide bonds. The van der Waals surface area contributed by atoms with Gasteiger partial charge in [0.25, 0.3) is 0 Å². The Morgan fingerprint density at radius 1 is 1.67 bits per heavy atom. The van der Waals surface area contributed by atoms with Gasteiger partial charge in [0.2, 0.25) is 6.35 Å². The van der Waals surface area contributed by atoms with Gasteiger partial charge in [-0.25, -0.2) is 0 Å². The summed E-state index contributed by atoms with van der Waals surface area (Å²) in [6.07, 6.45) is 6.11. The molecule has 9 heavy (non-hydrogen) atoms. The highest BCUT2D eigenvalue weighted by molar-refractivity contribution is 7.56. The lowest BCUT2D eigenvalue weighted by Crippen LogP contribution is -1.96. The summed E-state index contributed by atoms with van der Waals surface area (Å²) in [4.78, 5) is 0. The first-order chi connectivity index (χ1) is 4.22. The topological polar surface area (TPSA) is 9.23 Å². The van der Waals surface area contributed by atoms with Gasteiger partial charge in [0.1, 0.15) is 13.2 Å². The fraction of sp³-hybridized carbons (Fsp3) is 0.857. The summed E-state index contributed by atoms with van der Waals surface area (Å²) < 4.78 is 4.99. The molecular formula is C7H16OP+. The van der Waals surface area contributed by atoms with E-state index in [1.54, 1.807) is 7.11 Å². The molecule has 2 heteroatoms. The largest absolute Gasteiger partial charge is 0.343 e. The normalized spacial score (nSPS) is 15.2. The quantitative estimate of drug-likeness (QED) is 0.554. The Morgan fingerprint density at radius 3 is 2.56 bits per heavy atom. The third kappa shape index (κ3) is 3.66. The molecule has 54 valence electrons. The second-order valence-electron chi connectivity index (χ2n) is 2.26. The molecule has 0 aromatic heterocycles. The van der Waals surface area contributed by atoms with Gasteiger partial charge in [-0.05, 0) is 13.3 Å². The monoisotopic (exact) mass is 147 g/mol. The molecule has 0 aromatic rings. The van der Waals surface area contributed by atoms with Gasteiger partial charge in [-0.2, -0.15) is 0 Å². The van der Waals surface area contributed by atoms with Crippen LogP contribution in [0.25, 0.3) is 0 Å². The molecule has 0 aromatic carbocycles. The third-order valence-electron chi connectivity index (χ3n) is 1.51. The number of rotatable bonds is 4. The van der Waals surface area contributed by atoms with Crippen LogP contribution in [0.4, 0.5) is 0 Å². The van der Waals surface area contributed by atoms with E-state index in [0.717, 1.165) is 12.0 Å². The average Bonchev–Trinajstić information content (AvgIpc) is 1.87. The Kier molecular flexibility index (Phi) is 5.03. The maximum absolute atomic E-state index is 4.99. The minimum Gasteiger partial charge on any atom is -0.343 e. The summed E-state index contributed by atoms with van der Waals surface area (Å²) in [5.74, 6) is 0. The summed E-state index contributed by atoms with van der Waals surface area (Å²) in [5, 5.41) is 0. The maximum Gasteiger partial charge on any atom is 0.204 e. The van der Waals surface area contributed by atoms with E-state index in [2.05, 4.69) is 20.1 Å². The van der Waals surface area contributed by atoms with Crippen LogP contribution in [0.1, 0.15) is 20.3 Å². The van der Waals surface area contributed by atoms with Crippen LogP contribution >= 0.6 is 7.55 Å². The van der Waals surface area contributed by atoms with Crippen molar-refractivity contribution >= 4 is 13.8 Å². The Morgan fingerprint density at radius 2 is 2.22 bits per heavy atom. The number of hydrogen-bond donors (Lipinski definition) is 0. The summed E-state index contributed by atoms with van der Waals surface area (Å²) in [6.45, 7) is 4.43. The lowest BCUT2D eigenvalue weighted by Gasteiger charge is -1.99. The molecule has 0 saturated heterocycles. The van der Waals surface area contributed by atoms with Crippen molar-refractivity contribution in [2.24, 2.45) is 0 Å². The zero-order valence-corrected chi connectivity index (χ0v) is 7.45. The molecular weight excluding hydrogens is 131 g/mol. The molecule has 0 aliphatic heterocycles. The van der Waals surface area contributed by atoms with Crippen molar-refractivity contribution in [1.82, 2.24) is 0 Å². The van der Waals surface area contributed by atoms with Gasteiger partial charge in [-0.3, -0.25) is 0 Å². The lowest BCUT2D eigenvalue weighted by atomic mass is 10.4. The molecule has 2 unspecified atom stereocenters. The minimum absolute atomic E-state index is 0.114. The molecule has 0 N–H and O–H groups in total. The fourth-order valence-electron chi connectivity index (χ4n) is 0.551. The molecule has 0 saturated carbocycles. The van der Waals surface area contributed by atoms with Crippen molar-refractivity contribution in [1.29, 1.82) is 0 Å². The third-order valence-corrected chi connectivity index (χ3v) is 3.71. The second kappa shape index (κ2) is 4.96. The Labute approximate surface area is 58.8 Å². The van der Waals surface area contributed by atoms with Crippen molar-refractivity contribution in [3.63, 3.8) is 0 Å². The first-order valence-corrected chi connectivity index (χ1v) is 5.06. The van der Waals surface area contributed by atoms with Gasteiger partial charge in [0.15, 0.2) is 0 Å². The van der Waals surface area contributed by atoms with Gasteiger partial charge in [0, 0.05) is 7.11 Å². The molecule has 2 atom stereocenters. The molecule has 0 heterocycles. The second-order valence-corrected chi connectivity index (χ2v) is 4.58. The van der Waals surface area contributed by atoms with Crippen molar-refractivity contribution in [2.75, 3.05) is 13.5 Å². The van der Waals surface area contributed by atoms with Crippen LogP contribution in [0.3, 0.4) is 0 Å². The molecule has 0 bridgehead atoms. The van der Waals surface area contributed by atoms with E-state index in [-0.39, 0.29) is 7.55 Å². The van der Waals surface area contributed by atoms with E-state index in [1.165, 1.54) is 6.42 Å². The van der Waals surface area contributed by atoms with Crippen molar-refractivity contribution in [3.8, 4) is 0 Å². The van der Waals surface area contributed by atoms with E-state index in [1.807, 2.05) is 0 Å². The van der Waals surface area contributed by atoms with Crippen molar-refractivity contribution in [3.05, 3.63) is 0 Å². The Bertz CT molecular complexity index is 90.9. The Hall–Kier alpha value is 0.130. The van der Waals surface area contributed by atoms with Crippen molar-refractivity contribution < 1.29 is 4.74 Å². The van der Waals surface area contributed by atoms with Crippen molar-refractivity contribution in [2.45, 2.75) is 25.9 Å². The maximum atomic E-state index is 4.99. The summed E-state index contributed by atoms with van der Waals surface area (Å²) in [6, 6.07) is 0. The highest BCUT2D eigenvalue weighted by Crippen LogP contribution is 2.28. The smallest absolute Gasteiger partial charge is 0.204 e. The Balaban J connectivity index is 3.46. The number of hydrogen-bond acceptors (Lipinski definition) is 1. The molecule has 0 fully saturated rings. The predicted molar refractivity (Wildman–Crippen MR) is 45.7 cm³/mol. The molecule has 0 aliphatic rings. The summed E-state index contributed by atoms with van der Waals surface area (Å²) in [7, 11) is 1.62. The SMILES string of the molecule is C=[P+](COC)C(C)CC. The first-order valence-electron chi connectivity index (χ1n) is 3.28. The van der Waals surface area contributed by atoms with Crippen LogP contribution in [0.2, 0.25) is 0 Å². The zero-order chi connectivity index (χ0) is 7.28. The van der Waals surface area contributed by atoms with Gasteiger partial charge >= 0.3 is 0 Å². The van der Waals surface area contributed by atoms with E-state index in [9.17, 15) is 0 Å². The highest BCUT2D eigenvalue weighted by atomic mass is 31.1. The molecule has 0 aliphatic carbocycles. The van der Waals surface area contributed by atoms with Crippen LogP contribution in [0.15, 0.2) is 0 Å². The summed E-state index contributed by atoms with van der Waals surface area (Å²) >= 11 is 0. The van der Waals surface area contributed by atoms with Crippen LogP contribution in [-0.2, 0) is 4.74 Å². The van der Waals surface area contributed by atoms with Gasteiger partial charge in [-0.15, -0.1) is 0 Å². The highest BCUT2D eigenvalue weighted by Gasteiger charge is 2.13. The van der Waals surface area contributed by atoms with Gasteiger partial charge < -0.3 is 4.74 Å². The standard InChI is InChI=1S/C7H16OP/c1-5-7(2)9(4)6-8-3/h7H,4-6H2,1-3H3/q+1. The van der Waals surface area contributed by atoms with E-state index in [0.29, 0.717) is 0 Å². The van der Waals surface area contributed by atoms with Crippen LogP contribution in [-0.4, -0.2) is 25.4 Å². The minimum atomic E-state index is -0.114. The van der Waals surface area contributed by atoms with E-state index < -0.39 is 0 Å². The van der Waals surface area contributed by atoms with E-state index >= 15 is 0 Å². The van der Waals surface area contributed by atoms with Crippen LogP contribution in [0.5, 0.6) is 0 Å². The molecule has 0 radical (unpaired) electrons. The number of methoxy groups -OCH3 is 1. The lowest BCUT2D eigenvalue weighted by molar-refractivity contribution is 0.255. The van der Waals surface area contributed by atoms with E-state index in [4.69, 9.17) is 4.74 Å². The predicted octanol–water partition coefficient (Wildman–Crippen LogP) is 2.30. The number of ether oxygens (including phenoxy) is 1. The zero-order valence-electron chi connectivity index (χ0n) is 6.55.